The van der Waals surface area contributed by atoms with E-state index in [1.807, 2.05) is 30.3 Å². The fraction of sp³-hybridized carbons (Fsp3) is 0.533. The third kappa shape index (κ3) is 4.10. The van der Waals surface area contributed by atoms with E-state index in [0.717, 1.165) is 11.8 Å². The molecule has 0 radical (unpaired) electrons. The van der Waals surface area contributed by atoms with Gasteiger partial charge in [0.1, 0.15) is 6.29 Å². The van der Waals surface area contributed by atoms with E-state index in [2.05, 4.69) is 0 Å². The predicted octanol–water partition coefficient (Wildman–Crippen LogP) is 3.45. The molecule has 19 heavy (non-hydrogen) atoms. The minimum atomic E-state index is -2.65. The Hall–Kier alpha value is -1.29. The molecule has 1 aromatic carbocycles. The molecule has 1 aliphatic rings. The Labute approximate surface area is 111 Å². The van der Waals surface area contributed by atoms with Crippen molar-refractivity contribution in [2.75, 3.05) is 6.61 Å². The number of carbonyl (C=O) groups excluding carboxylic acids is 1. The van der Waals surface area contributed by atoms with Gasteiger partial charge in [0.2, 0.25) is 5.92 Å². The summed E-state index contributed by atoms with van der Waals surface area (Å²) in [5.74, 6) is -3.32. The normalized spacial score (nSPS) is 26.0. The van der Waals surface area contributed by atoms with E-state index < -0.39 is 5.92 Å². The highest BCUT2D eigenvalue weighted by atomic mass is 19.3. The second-order valence-electron chi connectivity index (χ2n) is 5.16. The van der Waals surface area contributed by atoms with Crippen LogP contribution in [-0.2, 0) is 16.1 Å². The summed E-state index contributed by atoms with van der Waals surface area (Å²) in [7, 11) is 0. The van der Waals surface area contributed by atoms with Crippen molar-refractivity contribution in [2.45, 2.75) is 31.8 Å². The van der Waals surface area contributed by atoms with E-state index in [1.165, 1.54) is 0 Å². The zero-order chi connectivity index (χ0) is 13.7. The maximum absolute atomic E-state index is 13.3. The van der Waals surface area contributed by atoms with E-state index >= 15 is 0 Å². The van der Waals surface area contributed by atoms with Crippen molar-refractivity contribution in [1.82, 2.24) is 0 Å². The van der Waals surface area contributed by atoms with Crippen molar-refractivity contribution in [3.8, 4) is 0 Å². The van der Waals surface area contributed by atoms with Crippen LogP contribution >= 0.6 is 0 Å². The van der Waals surface area contributed by atoms with Crippen molar-refractivity contribution in [2.24, 2.45) is 11.8 Å². The first kappa shape index (κ1) is 14.1. The lowest BCUT2D eigenvalue weighted by Gasteiger charge is -2.33. The van der Waals surface area contributed by atoms with Gasteiger partial charge in [-0.15, -0.1) is 0 Å². The summed E-state index contributed by atoms with van der Waals surface area (Å²) in [5, 5.41) is 0. The summed E-state index contributed by atoms with van der Waals surface area (Å²) in [5.41, 5.74) is 1.01. The monoisotopic (exact) mass is 268 g/mol. The van der Waals surface area contributed by atoms with Gasteiger partial charge in [-0.05, 0) is 17.9 Å². The minimum Gasteiger partial charge on any atom is -0.376 e. The minimum absolute atomic E-state index is 0.189. The van der Waals surface area contributed by atoms with Gasteiger partial charge >= 0.3 is 0 Å². The molecule has 104 valence electrons. The molecular weight excluding hydrogens is 250 g/mol. The standard InChI is InChI=1S/C15H18F2O2/c16-15(17)7-6-13(9-18)14(8-15)11-19-10-12-4-2-1-3-5-12/h1-5,9,13-14H,6-8,10-11H2. The van der Waals surface area contributed by atoms with Crippen LogP contribution in [0.15, 0.2) is 30.3 Å². The number of hydrogen-bond donors (Lipinski definition) is 0. The number of rotatable bonds is 5. The number of benzene rings is 1. The summed E-state index contributed by atoms with van der Waals surface area (Å²) in [6.45, 7) is 0.613. The van der Waals surface area contributed by atoms with Crippen LogP contribution in [0.25, 0.3) is 0 Å². The highest BCUT2D eigenvalue weighted by Gasteiger charge is 2.41. The molecular formula is C15H18F2O2. The van der Waals surface area contributed by atoms with Crippen molar-refractivity contribution >= 4 is 6.29 Å². The molecule has 0 heterocycles. The number of halogens is 2. The van der Waals surface area contributed by atoms with Gasteiger partial charge < -0.3 is 9.53 Å². The molecule has 1 aliphatic carbocycles. The van der Waals surface area contributed by atoms with Gasteiger partial charge in [0.25, 0.3) is 0 Å². The smallest absolute Gasteiger partial charge is 0.248 e. The topological polar surface area (TPSA) is 26.3 Å². The first-order valence-electron chi connectivity index (χ1n) is 6.55. The maximum atomic E-state index is 13.3. The molecule has 1 saturated carbocycles. The molecule has 0 aliphatic heterocycles. The van der Waals surface area contributed by atoms with E-state index in [9.17, 15) is 13.6 Å². The number of alkyl halides is 2. The second kappa shape index (κ2) is 6.24. The summed E-state index contributed by atoms with van der Waals surface area (Å²) in [6, 6.07) is 9.57. The molecule has 1 aromatic rings. The molecule has 0 aromatic heterocycles. The van der Waals surface area contributed by atoms with E-state index in [1.54, 1.807) is 0 Å². The molecule has 2 nitrogen and oxygen atoms in total. The molecule has 2 atom stereocenters. The summed E-state index contributed by atoms with van der Waals surface area (Å²) in [4.78, 5) is 10.9. The van der Waals surface area contributed by atoms with Gasteiger partial charge in [-0.25, -0.2) is 8.78 Å². The Morgan fingerprint density at radius 1 is 1.32 bits per heavy atom. The average Bonchev–Trinajstić information content (AvgIpc) is 2.39. The predicted molar refractivity (Wildman–Crippen MR) is 67.9 cm³/mol. The van der Waals surface area contributed by atoms with Gasteiger partial charge in [-0.1, -0.05) is 30.3 Å². The van der Waals surface area contributed by atoms with Gasteiger partial charge in [0.15, 0.2) is 0 Å². The average molecular weight is 268 g/mol. The Balaban J connectivity index is 1.84. The lowest BCUT2D eigenvalue weighted by atomic mass is 9.78. The lowest BCUT2D eigenvalue weighted by molar-refractivity contribution is -0.123. The highest BCUT2D eigenvalue weighted by Crippen LogP contribution is 2.39. The highest BCUT2D eigenvalue weighted by molar-refractivity contribution is 5.54. The van der Waals surface area contributed by atoms with E-state index in [4.69, 9.17) is 4.74 Å². The fourth-order valence-corrected chi connectivity index (χ4v) is 2.51. The van der Waals surface area contributed by atoms with Crippen molar-refractivity contribution in [1.29, 1.82) is 0 Å². The van der Waals surface area contributed by atoms with Gasteiger partial charge in [0, 0.05) is 18.8 Å². The number of hydrogen-bond acceptors (Lipinski definition) is 2. The van der Waals surface area contributed by atoms with Crippen LogP contribution in [-0.4, -0.2) is 18.8 Å². The number of aldehydes is 1. The van der Waals surface area contributed by atoms with Crippen LogP contribution in [0.5, 0.6) is 0 Å². The molecule has 0 amide bonds. The summed E-state index contributed by atoms with van der Waals surface area (Å²) < 4.78 is 32.2. The molecule has 0 N–H and O–H groups in total. The van der Waals surface area contributed by atoms with Gasteiger partial charge in [-0.2, -0.15) is 0 Å². The lowest BCUT2D eigenvalue weighted by Crippen LogP contribution is -2.35. The van der Waals surface area contributed by atoms with Crippen LogP contribution in [0, 0.1) is 11.8 Å². The Morgan fingerprint density at radius 3 is 2.74 bits per heavy atom. The molecule has 2 unspecified atom stereocenters. The summed E-state index contributed by atoms with van der Waals surface area (Å²) in [6.07, 6.45) is 0.623. The Morgan fingerprint density at radius 2 is 2.05 bits per heavy atom. The Kier molecular flexibility index (Phi) is 4.64. The van der Waals surface area contributed by atoms with E-state index in [-0.39, 0.29) is 37.7 Å². The molecule has 0 bridgehead atoms. The Bertz CT molecular complexity index is 406. The number of ether oxygens (including phenoxy) is 1. The van der Waals surface area contributed by atoms with Gasteiger partial charge in [-0.3, -0.25) is 0 Å². The van der Waals surface area contributed by atoms with Crippen molar-refractivity contribution < 1.29 is 18.3 Å². The zero-order valence-electron chi connectivity index (χ0n) is 10.7. The molecule has 0 spiro atoms. The molecule has 1 fully saturated rings. The van der Waals surface area contributed by atoms with Crippen LogP contribution in [0.3, 0.4) is 0 Å². The maximum Gasteiger partial charge on any atom is 0.248 e. The van der Waals surface area contributed by atoms with Crippen molar-refractivity contribution in [3.05, 3.63) is 35.9 Å². The van der Waals surface area contributed by atoms with Crippen LogP contribution in [0.4, 0.5) is 8.78 Å². The third-order valence-electron chi connectivity index (χ3n) is 3.63. The van der Waals surface area contributed by atoms with E-state index in [0.29, 0.717) is 6.61 Å². The molecule has 4 heteroatoms. The first-order valence-corrected chi connectivity index (χ1v) is 6.55. The fourth-order valence-electron chi connectivity index (χ4n) is 2.51. The van der Waals surface area contributed by atoms with Crippen LogP contribution in [0.1, 0.15) is 24.8 Å². The van der Waals surface area contributed by atoms with Crippen LogP contribution < -0.4 is 0 Å². The SMILES string of the molecule is O=CC1CCC(F)(F)CC1COCc1ccccc1. The summed E-state index contributed by atoms with van der Waals surface area (Å²) >= 11 is 0. The largest absolute Gasteiger partial charge is 0.376 e. The van der Waals surface area contributed by atoms with Crippen molar-refractivity contribution in [3.63, 3.8) is 0 Å². The zero-order valence-corrected chi connectivity index (χ0v) is 10.7. The molecule has 0 saturated heterocycles. The van der Waals surface area contributed by atoms with Gasteiger partial charge in [0.05, 0.1) is 13.2 Å². The quantitative estimate of drug-likeness (QED) is 0.764. The first-order chi connectivity index (χ1) is 9.11. The second-order valence-corrected chi connectivity index (χ2v) is 5.16. The third-order valence-corrected chi connectivity index (χ3v) is 3.63. The number of carbonyl (C=O) groups is 1. The van der Waals surface area contributed by atoms with Crippen LogP contribution in [0.2, 0.25) is 0 Å². The molecule has 2 rings (SSSR count).